The normalized spacial score (nSPS) is 17.2. The van der Waals surface area contributed by atoms with Crippen molar-refractivity contribution in [2.45, 2.75) is 83.5 Å². The van der Waals surface area contributed by atoms with Crippen LogP contribution in [0.5, 0.6) is 5.75 Å². The third-order valence-electron chi connectivity index (χ3n) is 9.74. The van der Waals surface area contributed by atoms with Crippen LogP contribution in [-0.4, -0.2) is 46.6 Å². The van der Waals surface area contributed by atoms with Crippen molar-refractivity contribution in [2.75, 3.05) is 26.7 Å². The Hall–Kier alpha value is -3.18. The van der Waals surface area contributed by atoms with Crippen molar-refractivity contribution < 1.29 is 4.74 Å². The second-order valence-electron chi connectivity index (χ2n) is 13.6. The van der Waals surface area contributed by atoms with Crippen molar-refractivity contribution in [3.8, 4) is 28.3 Å². The second kappa shape index (κ2) is 13.0. The third kappa shape index (κ3) is 6.72. The van der Waals surface area contributed by atoms with Crippen LogP contribution in [0.4, 0.5) is 0 Å². The Morgan fingerprint density at radius 2 is 1.40 bits per heavy atom. The fraction of sp³-hybridized carbons (Fsp3) is 0.514. The number of hydrogen-bond acceptors (Lipinski definition) is 4. The summed E-state index contributed by atoms with van der Waals surface area (Å²) >= 11 is 0. The molecule has 2 aliphatic carbocycles. The summed E-state index contributed by atoms with van der Waals surface area (Å²) in [6.45, 7) is 8.26. The van der Waals surface area contributed by atoms with Crippen LogP contribution < -0.4 is 4.74 Å². The molecular weight excluding hydrogens is 516 g/mol. The van der Waals surface area contributed by atoms with Crippen LogP contribution in [0.1, 0.15) is 83.9 Å². The van der Waals surface area contributed by atoms with Gasteiger partial charge in [-0.15, -0.1) is 0 Å². The monoisotopic (exact) mass is 564 g/mol. The number of aromatic amines is 1. The highest BCUT2D eigenvalue weighted by Crippen LogP contribution is 2.36. The number of imidazole rings is 1. The van der Waals surface area contributed by atoms with E-state index in [1.807, 2.05) is 18.5 Å². The van der Waals surface area contributed by atoms with Gasteiger partial charge in [-0.2, -0.15) is 0 Å². The number of nitrogens with one attached hydrogen (secondary N) is 1. The van der Waals surface area contributed by atoms with Gasteiger partial charge in [0.05, 0.1) is 18.5 Å². The molecule has 1 N–H and O–H groups in total. The number of hydrogen-bond donors (Lipinski definition) is 1. The summed E-state index contributed by atoms with van der Waals surface area (Å²) in [5.41, 5.74) is 4.20. The van der Waals surface area contributed by atoms with Gasteiger partial charge < -0.3 is 14.6 Å². The minimum absolute atomic E-state index is 0.117. The lowest BCUT2D eigenvalue weighted by Crippen LogP contribution is -2.43. The number of ether oxygens (including phenoxy) is 1. The van der Waals surface area contributed by atoms with Gasteiger partial charge in [-0.25, -0.2) is 4.98 Å². The number of fused-ring (bicyclic) bond motifs is 1. The van der Waals surface area contributed by atoms with Crippen LogP contribution in [0.3, 0.4) is 0 Å². The molecule has 5 nitrogen and oxygen atoms in total. The predicted octanol–water partition coefficient (Wildman–Crippen LogP) is 9.04. The van der Waals surface area contributed by atoms with Gasteiger partial charge in [0.2, 0.25) is 0 Å². The molecule has 2 saturated carbocycles. The molecule has 5 heteroatoms. The van der Waals surface area contributed by atoms with Gasteiger partial charge in [0.15, 0.2) is 0 Å². The molecule has 2 fully saturated rings. The van der Waals surface area contributed by atoms with E-state index < -0.39 is 0 Å². The molecule has 0 spiro atoms. The van der Waals surface area contributed by atoms with E-state index in [1.54, 1.807) is 7.11 Å². The second-order valence-corrected chi connectivity index (χ2v) is 13.6. The first-order valence-corrected chi connectivity index (χ1v) is 16.3. The Bertz CT molecular complexity index is 1430. The molecule has 0 bridgehead atoms. The lowest BCUT2D eigenvalue weighted by molar-refractivity contribution is 0.135. The first kappa shape index (κ1) is 28.9. The molecular formula is C37H48N4O. The maximum atomic E-state index is 5.45. The Morgan fingerprint density at radius 3 is 2.05 bits per heavy atom. The standard InChI is InChI=1S/C37H48N4O/c1-37(2,26-41(24-27-10-6-4-7-11-27)25-28-12-8-5-9-13-28)36-39-34(29-18-20-38-21-19-29)35(40-36)32-15-14-31-23-33(42-3)17-16-30(31)22-32/h14-23,27-28H,4-13,24-26H2,1-3H3,(H,39,40). The summed E-state index contributed by atoms with van der Waals surface area (Å²) in [4.78, 5) is 16.3. The van der Waals surface area contributed by atoms with Crippen LogP contribution in [0.2, 0.25) is 0 Å². The fourth-order valence-electron chi connectivity index (χ4n) is 7.44. The molecule has 42 heavy (non-hydrogen) atoms. The highest BCUT2D eigenvalue weighted by Gasteiger charge is 2.32. The van der Waals surface area contributed by atoms with Crippen molar-refractivity contribution in [3.63, 3.8) is 0 Å². The van der Waals surface area contributed by atoms with Crippen LogP contribution in [0.15, 0.2) is 60.9 Å². The highest BCUT2D eigenvalue weighted by atomic mass is 16.5. The quantitative estimate of drug-likeness (QED) is 0.209. The third-order valence-corrected chi connectivity index (χ3v) is 9.74. The van der Waals surface area contributed by atoms with Gasteiger partial charge in [-0.3, -0.25) is 4.98 Å². The SMILES string of the molecule is COc1ccc2cc(-c3nc(C(C)(C)CN(CC4CCCCC4)CC4CCCCC4)[nH]c3-c3ccncc3)ccc2c1. The lowest BCUT2D eigenvalue weighted by atomic mass is 9.85. The van der Waals surface area contributed by atoms with E-state index in [4.69, 9.17) is 9.72 Å². The van der Waals surface area contributed by atoms with E-state index in [-0.39, 0.29) is 5.41 Å². The van der Waals surface area contributed by atoms with Crippen LogP contribution in [0, 0.1) is 11.8 Å². The van der Waals surface area contributed by atoms with E-state index in [0.29, 0.717) is 0 Å². The zero-order valence-electron chi connectivity index (χ0n) is 25.9. The summed E-state index contributed by atoms with van der Waals surface area (Å²) in [6, 6.07) is 17.0. The highest BCUT2D eigenvalue weighted by molar-refractivity contribution is 5.90. The van der Waals surface area contributed by atoms with E-state index >= 15 is 0 Å². The van der Waals surface area contributed by atoms with E-state index in [0.717, 1.165) is 52.5 Å². The summed E-state index contributed by atoms with van der Waals surface area (Å²) in [6.07, 6.45) is 17.8. The number of pyridine rings is 1. The molecule has 2 aliphatic rings. The molecule has 0 saturated heterocycles. The fourth-order valence-corrected chi connectivity index (χ4v) is 7.44. The first-order valence-electron chi connectivity index (χ1n) is 16.3. The average molecular weight is 565 g/mol. The summed E-state index contributed by atoms with van der Waals surface area (Å²) in [7, 11) is 1.72. The largest absolute Gasteiger partial charge is 0.497 e. The smallest absolute Gasteiger partial charge is 0.119 e. The summed E-state index contributed by atoms with van der Waals surface area (Å²) < 4.78 is 5.45. The molecule has 2 aromatic heterocycles. The van der Waals surface area contributed by atoms with Crippen LogP contribution in [-0.2, 0) is 5.41 Å². The lowest BCUT2D eigenvalue weighted by Gasteiger charge is -2.37. The van der Waals surface area contributed by atoms with Gasteiger partial charge in [0, 0.05) is 48.6 Å². The Balaban J connectivity index is 1.32. The van der Waals surface area contributed by atoms with Crippen molar-refractivity contribution in [2.24, 2.45) is 11.8 Å². The summed E-state index contributed by atoms with van der Waals surface area (Å²) in [5, 5.41) is 2.35. The average Bonchev–Trinajstić information content (AvgIpc) is 3.49. The summed E-state index contributed by atoms with van der Waals surface area (Å²) in [5.74, 6) is 3.63. The van der Waals surface area contributed by atoms with E-state index in [9.17, 15) is 0 Å². The molecule has 0 aliphatic heterocycles. The van der Waals surface area contributed by atoms with Crippen LogP contribution in [0.25, 0.3) is 33.3 Å². The Labute approximate surface area is 252 Å². The zero-order valence-corrected chi connectivity index (χ0v) is 25.9. The number of aromatic nitrogens is 3. The molecule has 0 radical (unpaired) electrons. The van der Waals surface area contributed by atoms with Gasteiger partial charge in [0.25, 0.3) is 0 Å². The number of benzene rings is 2. The molecule has 2 heterocycles. The topological polar surface area (TPSA) is 54.0 Å². The number of methoxy groups -OCH3 is 1. The van der Waals surface area contributed by atoms with Gasteiger partial charge in [0.1, 0.15) is 11.6 Å². The maximum absolute atomic E-state index is 5.45. The Morgan fingerprint density at radius 1 is 0.786 bits per heavy atom. The predicted molar refractivity (Wildman–Crippen MR) is 174 cm³/mol. The zero-order chi connectivity index (χ0) is 28.9. The van der Waals surface area contributed by atoms with E-state index in [1.165, 1.54) is 88.1 Å². The van der Waals surface area contributed by atoms with Crippen LogP contribution >= 0.6 is 0 Å². The van der Waals surface area contributed by atoms with Crippen molar-refractivity contribution in [1.29, 1.82) is 0 Å². The molecule has 2 aromatic carbocycles. The van der Waals surface area contributed by atoms with Crippen molar-refractivity contribution in [3.05, 3.63) is 66.7 Å². The molecule has 0 atom stereocenters. The molecule has 6 rings (SSSR count). The minimum atomic E-state index is -0.117. The van der Waals surface area contributed by atoms with Gasteiger partial charge in [-0.1, -0.05) is 70.6 Å². The minimum Gasteiger partial charge on any atom is -0.497 e. The Kier molecular flexibility index (Phi) is 8.95. The molecule has 222 valence electrons. The number of nitrogens with zero attached hydrogens (tertiary/aromatic N) is 3. The molecule has 0 amide bonds. The number of rotatable bonds is 10. The first-order chi connectivity index (χ1) is 20.5. The molecule has 0 unspecified atom stereocenters. The van der Waals surface area contributed by atoms with Crippen molar-refractivity contribution in [1.82, 2.24) is 19.9 Å². The van der Waals surface area contributed by atoms with E-state index in [2.05, 4.69) is 71.2 Å². The van der Waals surface area contributed by atoms with Crippen molar-refractivity contribution >= 4 is 10.8 Å². The molecule has 4 aromatic rings. The maximum Gasteiger partial charge on any atom is 0.119 e. The number of H-pyrrole nitrogens is 1. The van der Waals surface area contributed by atoms with Gasteiger partial charge in [-0.05, 0) is 78.6 Å². The van der Waals surface area contributed by atoms with Gasteiger partial charge >= 0.3 is 0 Å².